The smallest absolute Gasteiger partial charge is 0.340 e. The molecule has 2 heterocycles. The molecule has 5 heteroatoms. The summed E-state index contributed by atoms with van der Waals surface area (Å²) in [5, 5.41) is 0.737. The summed E-state index contributed by atoms with van der Waals surface area (Å²) >= 11 is 0. The lowest BCUT2D eigenvalue weighted by atomic mass is 10.2. The Bertz CT molecular complexity index is 504. The number of carbonyl (C=O) groups excluding carboxylic acids is 1. The van der Waals surface area contributed by atoms with E-state index in [4.69, 9.17) is 10.5 Å². The zero-order valence-electron chi connectivity index (χ0n) is 8.28. The van der Waals surface area contributed by atoms with Crippen molar-refractivity contribution < 1.29 is 9.53 Å². The van der Waals surface area contributed by atoms with Crippen LogP contribution in [0.5, 0.6) is 0 Å². The Morgan fingerprint density at radius 2 is 2.47 bits per heavy atom. The summed E-state index contributed by atoms with van der Waals surface area (Å²) in [7, 11) is 0. The minimum absolute atomic E-state index is 0.342. The van der Waals surface area contributed by atoms with Gasteiger partial charge in [0.2, 0.25) is 0 Å². The number of H-pyrrole nitrogens is 1. The number of nitrogens with one attached hydrogen (secondary N) is 1. The number of aromatic nitrogens is 2. The average Bonchev–Trinajstić information content (AvgIpc) is 2.68. The topological polar surface area (TPSA) is 81.0 Å². The number of hydrogen-bond acceptors (Lipinski definition) is 4. The zero-order chi connectivity index (χ0) is 10.8. The summed E-state index contributed by atoms with van der Waals surface area (Å²) in [6.45, 7) is 2.10. The van der Waals surface area contributed by atoms with Crippen LogP contribution >= 0.6 is 0 Å². The second kappa shape index (κ2) is 3.61. The lowest BCUT2D eigenvalue weighted by molar-refractivity contribution is 0.0528. The Kier molecular flexibility index (Phi) is 2.29. The van der Waals surface area contributed by atoms with Gasteiger partial charge in [0.15, 0.2) is 0 Å². The van der Waals surface area contributed by atoms with Crippen LogP contribution in [0.4, 0.5) is 5.82 Å². The van der Waals surface area contributed by atoms with E-state index in [0.29, 0.717) is 23.5 Å². The first kappa shape index (κ1) is 9.51. The summed E-state index contributed by atoms with van der Waals surface area (Å²) < 4.78 is 4.91. The van der Waals surface area contributed by atoms with Crippen molar-refractivity contribution in [2.24, 2.45) is 0 Å². The van der Waals surface area contributed by atoms with Crippen LogP contribution in [-0.4, -0.2) is 22.5 Å². The first-order chi connectivity index (χ1) is 7.24. The molecule has 0 bridgehead atoms. The molecule has 0 spiro atoms. The standard InChI is InChI=1S/C10H11N3O2/c1-2-15-10(14)7-5-13-9(11)8-6(7)3-4-12-8/h3-5,12H,2H2,1H3,(H2,11,13). The fraction of sp³-hybridized carbons (Fsp3) is 0.200. The fourth-order valence-electron chi connectivity index (χ4n) is 1.45. The van der Waals surface area contributed by atoms with E-state index in [1.54, 1.807) is 19.2 Å². The van der Waals surface area contributed by atoms with Crippen molar-refractivity contribution in [2.75, 3.05) is 12.3 Å². The van der Waals surface area contributed by atoms with Crippen molar-refractivity contribution in [1.82, 2.24) is 9.97 Å². The van der Waals surface area contributed by atoms with Crippen molar-refractivity contribution in [3.8, 4) is 0 Å². The molecule has 0 atom stereocenters. The van der Waals surface area contributed by atoms with E-state index in [9.17, 15) is 4.79 Å². The summed E-state index contributed by atoms with van der Waals surface area (Å²) in [5.74, 6) is -0.00218. The molecule has 0 radical (unpaired) electrons. The molecular formula is C10H11N3O2. The molecule has 2 aromatic rings. The molecule has 15 heavy (non-hydrogen) atoms. The fourth-order valence-corrected chi connectivity index (χ4v) is 1.45. The number of aromatic amines is 1. The number of ether oxygens (including phenoxy) is 1. The summed E-state index contributed by atoms with van der Waals surface area (Å²) in [6.07, 6.45) is 3.15. The van der Waals surface area contributed by atoms with Gasteiger partial charge in [-0.1, -0.05) is 0 Å². The molecule has 0 aliphatic carbocycles. The Morgan fingerprint density at radius 1 is 1.67 bits per heavy atom. The molecule has 0 unspecified atom stereocenters. The third kappa shape index (κ3) is 1.52. The van der Waals surface area contributed by atoms with Crippen LogP contribution in [0.3, 0.4) is 0 Å². The molecule has 2 aromatic heterocycles. The number of anilines is 1. The summed E-state index contributed by atoms with van der Waals surface area (Å²) in [5.41, 5.74) is 6.75. The quantitative estimate of drug-likeness (QED) is 0.724. The largest absolute Gasteiger partial charge is 0.462 e. The monoisotopic (exact) mass is 205 g/mol. The third-order valence-electron chi connectivity index (χ3n) is 2.12. The van der Waals surface area contributed by atoms with Crippen LogP contribution in [0.15, 0.2) is 18.5 Å². The summed E-state index contributed by atoms with van der Waals surface area (Å²) in [6, 6.07) is 1.78. The maximum atomic E-state index is 11.6. The van der Waals surface area contributed by atoms with E-state index in [2.05, 4.69) is 9.97 Å². The third-order valence-corrected chi connectivity index (χ3v) is 2.12. The number of nitrogens with zero attached hydrogens (tertiary/aromatic N) is 1. The highest BCUT2D eigenvalue weighted by molar-refractivity contribution is 6.05. The number of fused-ring (bicyclic) bond motifs is 1. The molecule has 0 aromatic carbocycles. The number of esters is 1. The number of nitrogens with two attached hydrogens (primary N) is 1. The van der Waals surface area contributed by atoms with Crippen molar-refractivity contribution in [2.45, 2.75) is 6.92 Å². The number of carbonyl (C=O) groups is 1. The highest BCUT2D eigenvalue weighted by Crippen LogP contribution is 2.21. The zero-order valence-corrected chi connectivity index (χ0v) is 8.28. The highest BCUT2D eigenvalue weighted by atomic mass is 16.5. The van der Waals surface area contributed by atoms with Crippen molar-refractivity contribution >= 4 is 22.7 Å². The summed E-state index contributed by atoms with van der Waals surface area (Å²) in [4.78, 5) is 18.4. The predicted molar refractivity (Wildman–Crippen MR) is 56.5 cm³/mol. The van der Waals surface area contributed by atoms with Gasteiger partial charge in [0, 0.05) is 17.8 Å². The van der Waals surface area contributed by atoms with Crippen LogP contribution < -0.4 is 5.73 Å². The van der Waals surface area contributed by atoms with Gasteiger partial charge in [0.05, 0.1) is 17.7 Å². The molecule has 0 saturated heterocycles. The predicted octanol–water partition coefficient (Wildman–Crippen LogP) is 1.32. The molecule has 0 aliphatic rings. The Morgan fingerprint density at radius 3 is 3.20 bits per heavy atom. The number of nitrogen functional groups attached to an aromatic ring is 1. The minimum atomic E-state index is -0.380. The van der Waals surface area contributed by atoms with E-state index >= 15 is 0 Å². The lowest BCUT2D eigenvalue weighted by Crippen LogP contribution is -2.06. The van der Waals surface area contributed by atoms with E-state index < -0.39 is 0 Å². The van der Waals surface area contributed by atoms with Crippen LogP contribution in [0.2, 0.25) is 0 Å². The van der Waals surface area contributed by atoms with Gasteiger partial charge in [-0.15, -0.1) is 0 Å². The number of hydrogen-bond donors (Lipinski definition) is 2. The normalized spacial score (nSPS) is 10.5. The van der Waals surface area contributed by atoms with E-state index in [0.717, 1.165) is 5.39 Å². The highest BCUT2D eigenvalue weighted by Gasteiger charge is 2.13. The molecule has 0 amide bonds. The van der Waals surface area contributed by atoms with Gasteiger partial charge in [0.25, 0.3) is 0 Å². The van der Waals surface area contributed by atoms with E-state index in [-0.39, 0.29) is 5.97 Å². The second-order valence-corrected chi connectivity index (χ2v) is 3.04. The van der Waals surface area contributed by atoms with Gasteiger partial charge in [0.1, 0.15) is 5.82 Å². The Balaban J connectivity index is 2.57. The van der Waals surface area contributed by atoms with E-state index in [1.807, 2.05) is 0 Å². The van der Waals surface area contributed by atoms with Gasteiger partial charge in [-0.2, -0.15) is 0 Å². The maximum Gasteiger partial charge on any atom is 0.340 e. The van der Waals surface area contributed by atoms with Crippen LogP contribution in [-0.2, 0) is 4.74 Å². The molecule has 5 nitrogen and oxygen atoms in total. The molecular weight excluding hydrogens is 194 g/mol. The molecule has 0 saturated carbocycles. The van der Waals surface area contributed by atoms with Crippen molar-refractivity contribution in [1.29, 1.82) is 0 Å². The van der Waals surface area contributed by atoms with Gasteiger partial charge in [-0.25, -0.2) is 9.78 Å². The van der Waals surface area contributed by atoms with Gasteiger partial charge in [-0.3, -0.25) is 0 Å². The number of rotatable bonds is 2. The first-order valence-corrected chi connectivity index (χ1v) is 4.62. The number of pyridine rings is 1. The molecule has 0 fully saturated rings. The molecule has 3 N–H and O–H groups in total. The molecule has 2 rings (SSSR count). The van der Waals surface area contributed by atoms with Crippen LogP contribution in [0.1, 0.15) is 17.3 Å². The van der Waals surface area contributed by atoms with E-state index in [1.165, 1.54) is 6.20 Å². The Hall–Kier alpha value is -2.04. The first-order valence-electron chi connectivity index (χ1n) is 4.62. The maximum absolute atomic E-state index is 11.6. The van der Waals surface area contributed by atoms with Crippen molar-refractivity contribution in [3.05, 3.63) is 24.0 Å². The van der Waals surface area contributed by atoms with Gasteiger partial charge >= 0.3 is 5.97 Å². The van der Waals surface area contributed by atoms with Crippen molar-refractivity contribution in [3.63, 3.8) is 0 Å². The lowest BCUT2D eigenvalue weighted by Gasteiger charge is -2.03. The Labute approximate surface area is 86.3 Å². The van der Waals surface area contributed by atoms with Gasteiger partial charge < -0.3 is 15.5 Å². The SMILES string of the molecule is CCOC(=O)c1cnc(N)c2[nH]ccc12. The average molecular weight is 205 g/mol. The molecule has 78 valence electrons. The van der Waals surface area contributed by atoms with Crippen LogP contribution in [0, 0.1) is 0 Å². The van der Waals surface area contributed by atoms with Gasteiger partial charge in [-0.05, 0) is 13.0 Å². The minimum Gasteiger partial charge on any atom is -0.462 e. The van der Waals surface area contributed by atoms with Crippen LogP contribution in [0.25, 0.3) is 10.9 Å². The second-order valence-electron chi connectivity index (χ2n) is 3.04. The molecule has 0 aliphatic heterocycles.